The summed E-state index contributed by atoms with van der Waals surface area (Å²) in [5.74, 6) is 0.713. The summed E-state index contributed by atoms with van der Waals surface area (Å²) in [6, 6.07) is 12.4. The lowest BCUT2D eigenvalue weighted by Crippen LogP contribution is -2.49. The van der Waals surface area contributed by atoms with Crippen LogP contribution in [0, 0.1) is 5.82 Å². The molecule has 4 nitrogen and oxygen atoms in total. The molecule has 0 spiro atoms. The number of halogens is 1. The third kappa shape index (κ3) is 2.70. The number of amides is 1. The molecule has 2 aromatic rings. The van der Waals surface area contributed by atoms with E-state index in [4.69, 9.17) is 4.74 Å². The molecule has 4 rings (SSSR count). The predicted molar refractivity (Wildman–Crippen MR) is 90.2 cm³/mol. The third-order valence-electron chi connectivity index (χ3n) is 4.70. The van der Waals surface area contributed by atoms with Gasteiger partial charge in [0.15, 0.2) is 0 Å². The van der Waals surface area contributed by atoms with E-state index in [2.05, 4.69) is 0 Å². The Kier molecular flexibility index (Phi) is 3.84. The van der Waals surface area contributed by atoms with Crippen molar-refractivity contribution in [2.45, 2.75) is 6.42 Å². The van der Waals surface area contributed by atoms with Gasteiger partial charge in [-0.2, -0.15) is 0 Å². The molecule has 1 saturated heterocycles. The molecular formula is C19H19FN2O2. The molecule has 0 N–H and O–H groups in total. The van der Waals surface area contributed by atoms with E-state index in [1.165, 1.54) is 6.07 Å². The summed E-state index contributed by atoms with van der Waals surface area (Å²) in [5.41, 5.74) is 2.42. The minimum Gasteiger partial charge on any atom is -0.493 e. The number of piperazine rings is 1. The fraction of sp³-hybridized carbons (Fsp3) is 0.316. The van der Waals surface area contributed by atoms with Gasteiger partial charge in [0.2, 0.25) is 0 Å². The summed E-state index contributed by atoms with van der Waals surface area (Å²) in [6.45, 7) is 3.16. The molecule has 0 radical (unpaired) electrons. The van der Waals surface area contributed by atoms with Gasteiger partial charge in [-0.05, 0) is 35.9 Å². The van der Waals surface area contributed by atoms with E-state index in [0.717, 1.165) is 17.7 Å². The standard InChI is InChI=1S/C19H19FN2O2/c20-16-3-1-2-4-17(16)21-8-10-22(11-9-21)19(23)15-5-6-18-14(13-15)7-12-24-18/h1-6,13H,7-12H2. The first-order valence-electron chi connectivity index (χ1n) is 8.27. The number of carbonyl (C=O) groups is 1. The van der Waals surface area contributed by atoms with Crippen LogP contribution >= 0.6 is 0 Å². The molecule has 2 heterocycles. The number of fused-ring (bicyclic) bond motifs is 1. The minimum atomic E-state index is -0.212. The zero-order valence-corrected chi connectivity index (χ0v) is 13.4. The van der Waals surface area contributed by atoms with Crippen molar-refractivity contribution in [2.24, 2.45) is 0 Å². The second-order valence-corrected chi connectivity index (χ2v) is 6.15. The second kappa shape index (κ2) is 6.15. The third-order valence-corrected chi connectivity index (χ3v) is 4.70. The van der Waals surface area contributed by atoms with Gasteiger partial charge in [0.1, 0.15) is 11.6 Å². The average molecular weight is 326 g/mol. The molecule has 0 saturated carbocycles. The Labute approximate surface area is 140 Å². The van der Waals surface area contributed by atoms with E-state index in [9.17, 15) is 9.18 Å². The summed E-state index contributed by atoms with van der Waals surface area (Å²) in [5, 5.41) is 0. The lowest BCUT2D eigenvalue weighted by atomic mass is 10.1. The molecule has 0 atom stereocenters. The molecule has 2 aliphatic rings. The van der Waals surface area contributed by atoms with E-state index < -0.39 is 0 Å². The van der Waals surface area contributed by atoms with Crippen LogP contribution in [0.4, 0.5) is 10.1 Å². The number of nitrogens with zero attached hydrogens (tertiary/aromatic N) is 2. The van der Waals surface area contributed by atoms with Crippen LogP contribution in [0.3, 0.4) is 0 Å². The summed E-state index contributed by atoms with van der Waals surface area (Å²) in [4.78, 5) is 16.5. The molecule has 2 aromatic carbocycles. The van der Waals surface area contributed by atoms with E-state index in [1.807, 2.05) is 34.1 Å². The number of benzene rings is 2. The van der Waals surface area contributed by atoms with Crippen LogP contribution in [0.15, 0.2) is 42.5 Å². The van der Waals surface area contributed by atoms with Gasteiger partial charge in [-0.15, -0.1) is 0 Å². The summed E-state index contributed by atoms with van der Waals surface area (Å²) < 4.78 is 19.4. The maximum absolute atomic E-state index is 13.9. The fourth-order valence-electron chi connectivity index (χ4n) is 3.36. The van der Waals surface area contributed by atoms with Crippen molar-refractivity contribution in [1.82, 2.24) is 4.90 Å². The number of carbonyl (C=O) groups excluding carboxylic acids is 1. The van der Waals surface area contributed by atoms with Gasteiger partial charge in [0, 0.05) is 38.2 Å². The van der Waals surface area contributed by atoms with Gasteiger partial charge in [0.25, 0.3) is 5.91 Å². The Morgan fingerprint density at radius 2 is 1.83 bits per heavy atom. The van der Waals surface area contributed by atoms with Crippen LogP contribution in [0.1, 0.15) is 15.9 Å². The van der Waals surface area contributed by atoms with Crippen LogP contribution < -0.4 is 9.64 Å². The largest absolute Gasteiger partial charge is 0.493 e. The summed E-state index contributed by atoms with van der Waals surface area (Å²) >= 11 is 0. The maximum atomic E-state index is 13.9. The molecule has 1 fully saturated rings. The molecular weight excluding hydrogens is 307 g/mol. The maximum Gasteiger partial charge on any atom is 0.253 e. The van der Waals surface area contributed by atoms with Crippen LogP contribution in [-0.4, -0.2) is 43.6 Å². The van der Waals surface area contributed by atoms with Crippen molar-refractivity contribution in [3.8, 4) is 5.75 Å². The van der Waals surface area contributed by atoms with Crippen molar-refractivity contribution in [3.63, 3.8) is 0 Å². The Hall–Kier alpha value is -2.56. The van der Waals surface area contributed by atoms with E-state index in [0.29, 0.717) is 44.0 Å². The Balaban J connectivity index is 1.44. The number of ether oxygens (including phenoxy) is 1. The quantitative estimate of drug-likeness (QED) is 0.851. The van der Waals surface area contributed by atoms with Gasteiger partial charge in [0.05, 0.1) is 12.3 Å². The Bertz CT molecular complexity index is 770. The molecule has 0 aromatic heterocycles. The van der Waals surface area contributed by atoms with Gasteiger partial charge >= 0.3 is 0 Å². The number of anilines is 1. The van der Waals surface area contributed by atoms with Crippen molar-refractivity contribution < 1.29 is 13.9 Å². The lowest BCUT2D eigenvalue weighted by Gasteiger charge is -2.36. The normalized spacial score (nSPS) is 16.7. The van der Waals surface area contributed by atoms with Crippen LogP contribution in [0.5, 0.6) is 5.75 Å². The molecule has 0 aliphatic carbocycles. The second-order valence-electron chi connectivity index (χ2n) is 6.15. The minimum absolute atomic E-state index is 0.0397. The monoisotopic (exact) mass is 326 g/mol. The first-order chi connectivity index (χ1) is 11.7. The molecule has 24 heavy (non-hydrogen) atoms. The van der Waals surface area contributed by atoms with Crippen LogP contribution in [-0.2, 0) is 6.42 Å². The number of hydrogen-bond donors (Lipinski definition) is 0. The lowest BCUT2D eigenvalue weighted by molar-refractivity contribution is 0.0746. The Morgan fingerprint density at radius 3 is 2.62 bits per heavy atom. The molecule has 5 heteroatoms. The zero-order chi connectivity index (χ0) is 16.5. The van der Waals surface area contributed by atoms with Gasteiger partial charge in [-0.1, -0.05) is 12.1 Å². The Morgan fingerprint density at radius 1 is 1.04 bits per heavy atom. The van der Waals surface area contributed by atoms with Gasteiger partial charge in [-0.3, -0.25) is 4.79 Å². The molecule has 124 valence electrons. The van der Waals surface area contributed by atoms with E-state index in [-0.39, 0.29) is 11.7 Å². The van der Waals surface area contributed by atoms with Gasteiger partial charge < -0.3 is 14.5 Å². The number of para-hydroxylation sites is 1. The van der Waals surface area contributed by atoms with Crippen LogP contribution in [0.25, 0.3) is 0 Å². The zero-order valence-electron chi connectivity index (χ0n) is 13.4. The van der Waals surface area contributed by atoms with Crippen molar-refractivity contribution in [2.75, 3.05) is 37.7 Å². The topological polar surface area (TPSA) is 32.8 Å². The summed E-state index contributed by atoms with van der Waals surface area (Å²) in [7, 11) is 0. The fourth-order valence-corrected chi connectivity index (χ4v) is 3.36. The highest BCUT2D eigenvalue weighted by atomic mass is 19.1. The first-order valence-corrected chi connectivity index (χ1v) is 8.27. The van der Waals surface area contributed by atoms with E-state index in [1.54, 1.807) is 12.1 Å². The molecule has 0 bridgehead atoms. The SMILES string of the molecule is O=C(c1ccc2c(c1)CCO2)N1CCN(c2ccccc2F)CC1. The van der Waals surface area contributed by atoms with Gasteiger partial charge in [-0.25, -0.2) is 4.39 Å². The van der Waals surface area contributed by atoms with E-state index >= 15 is 0 Å². The van der Waals surface area contributed by atoms with Crippen molar-refractivity contribution >= 4 is 11.6 Å². The van der Waals surface area contributed by atoms with Crippen molar-refractivity contribution in [3.05, 3.63) is 59.4 Å². The first kappa shape index (κ1) is 15.0. The molecule has 1 amide bonds. The summed E-state index contributed by atoms with van der Waals surface area (Å²) in [6.07, 6.45) is 0.859. The highest BCUT2D eigenvalue weighted by Gasteiger charge is 2.24. The van der Waals surface area contributed by atoms with Crippen molar-refractivity contribution in [1.29, 1.82) is 0 Å². The predicted octanol–water partition coefficient (Wildman–Crippen LogP) is 2.72. The molecule has 2 aliphatic heterocycles. The smallest absolute Gasteiger partial charge is 0.253 e. The highest BCUT2D eigenvalue weighted by Crippen LogP contribution is 2.27. The van der Waals surface area contributed by atoms with Crippen LogP contribution in [0.2, 0.25) is 0 Å². The number of rotatable bonds is 2. The average Bonchev–Trinajstić information content (AvgIpc) is 3.09. The molecule has 0 unspecified atom stereocenters. The number of hydrogen-bond acceptors (Lipinski definition) is 3. The highest BCUT2D eigenvalue weighted by molar-refractivity contribution is 5.94.